The van der Waals surface area contributed by atoms with Gasteiger partial charge in [0.15, 0.2) is 23.0 Å². The van der Waals surface area contributed by atoms with Crippen LogP contribution in [0.2, 0.25) is 0 Å². The number of hydrogen-bond donors (Lipinski definition) is 0. The Morgan fingerprint density at radius 1 is 0.521 bits per heavy atom. The van der Waals surface area contributed by atoms with E-state index in [9.17, 15) is 0 Å². The first-order chi connectivity index (χ1) is 23.7. The molecule has 6 aliphatic rings. The molecule has 8 rings (SSSR count). The molecule has 2 aromatic carbocycles. The Bertz CT molecular complexity index is 1330. The Kier molecular flexibility index (Phi) is 10.3. The van der Waals surface area contributed by atoms with E-state index in [0.29, 0.717) is 25.4 Å². The van der Waals surface area contributed by atoms with Gasteiger partial charge in [-0.05, 0) is 148 Å². The van der Waals surface area contributed by atoms with Gasteiger partial charge in [0.05, 0.1) is 25.4 Å². The van der Waals surface area contributed by atoms with Gasteiger partial charge in [0.1, 0.15) is 25.4 Å². The molecule has 2 aromatic rings. The van der Waals surface area contributed by atoms with Crippen molar-refractivity contribution in [2.75, 3.05) is 26.4 Å². The van der Waals surface area contributed by atoms with E-state index in [1.54, 1.807) is 0 Å². The highest BCUT2D eigenvalue weighted by molar-refractivity contribution is 5.70. The lowest BCUT2D eigenvalue weighted by Gasteiger charge is -2.32. The summed E-state index contributed by atoms with van der Waals surface area (Å²) in [5, 5.41) is 0. The second-order valence-corrected chi connectivity index (χ2v) is 15.1. The normalized spacial score (nSPS) is 27.8. The second kappa shape index (κ2) is 15.3. The summed E-state index contributed by atoms with van der Waals surface area (Å²) in [5.74, 6) is 5.05. The summed E-state index contributed by atoms with van der Waals surface area (Å²) in [4.78, 5) is 0. The average Bonchev–Trinajstić information content (AvgIpc) is 4.08. The topological polar surface area (TPSA) is 62.0 Å². The lowest BCUT2D eigenvalue weighted by Crippen LogP contribution is -2.21. The van der Waals surface area contributed by atoms with E-state index in [0.717, 1.165) is 99.4 Å². The van der Waals surface area contributed by atoms with Crippen molar-refractivity contribution in [1.29, 1.82) is 0 Å². The maximum absolute atomic E-state index is 6.59. The van der Waals surface area contributed by atoms with E-state index in [1.807, 2.05) is 0 Å². The largest absolute Gasteiger partial charge is 0.487 e. The minimum Gasteiger partial charge on any atom is -0.487 e. The Balaban J connectivity index is 0.903. The van der Waals surface area contributed by atoms with E-state index < -0.39 is 0 Å². The molecule has 0 radical (unpaired) electrons. The molecular formula is C42H54O6. The Morgan fingerprint density at radius 3 is 1.33 bits per heavy atom. The molecule has 0 N–H and O–H groups in total. The molecule has 0 bridgehead atoms. The number of benzene rings is 2. The van der Waals surface area contributed by atoms with Crippen LogP contribution in [0.15, 0.2) is 48.6 Å². The van der Waals surface area contributed by atoms with Crippen molar-refractivity contribution < 1.29 is 28.4 Å². The summed E-state index contributed by atoms with van der Waals surface area (Å²) in [7, 11) is 0. The molecule has 2 aliphatic heterocycles. The lowest BCUT2D eigenvalue weighted by atomic mass is 9.73. The average molecular weight is 655 g/mol. The number of hydrogen-bond acceptors (Lipinski definition) is 6. The van der Waals surface area contributed by atoms with Gasteiger partial charge in [-0.3, -0.25) is 0 Å². The van der Waals surface area contributed by atoms with E-state index in [2.05, 4.69) is 48.6 Å². The molecule has 258 valence electrons. The molecule has 0 amide bonds. The minimum absolute atomic E-state index is 0.237. The van der Waals surface area contributed by atoms with Crippen molar-refractivity contribution in [3.05, 3.63) is 59.7 Å². The zero-order valence-electron chi connectivity index (χ0n) is 28.7. The standard InChI is InChI=1S/C42H54O6/c1-3-7-35(8-4-1)47-41-23-33(19-21-39(41)45-27-37-25-43-37)31-15-11-29(12-16-31)30-13-17-32(18-14-30)34-20-22-40(46-28-38-26-44-38)42(24-34)48-36-9-5-2-6-10-36/h15,17,19-24,29-30,35-38H,1-14,16,18,25-28H2. The molecular weight excluding hydrogens is 600 g/mol. The fourth-order valence-electron chi connectivity index (χ4n) is 8.35. The predicted molar refractivity (Wildman–Crippen MR) is 189 cm³/mol. The quantitative estimate of drug-likeness (QED) is 0.201. The molecule has 4 fully saturated rings. The fourth-order valence-corrected chi connectivity index (χ4v) is 8.35. The van der Waals surface area contributed by atoms with E-state index in [-0.39, 0.29) is 12.2 Å². The van der Waals surface area contributed by atoms with Crippen LogP contribution in [0.4, 0.5) is 0 Å². The third-order valence-electron chi connectivity index (χ3n) is 11.5. The summed E-state index contributed by atoms with van der Waals surface area (Å²) in [6, 6.07) is 13.2. The van der Waals surface area contributed by atoms with Gasteiger partial charge >= 0.3 is 0 Å². The van der Waals surface area contributed by atoms with Crippen LogP contribution >= 0.6 is 0 Å². The predicted octanol–water partition coefficient (Wildman–Crippen LogP) is 9.73. The first-order valence-electron chi connectivity index (χ1n) is 19.2. The van der Waals surface area contributed by atoms with Gasteiger partial charge in [-0.1, -0.05) is 37.1 Å². The first-order valence-corrected chi connectivity index (χ1v) is 19.2. The monoisotopic (exact) mass is 654 g/mol. The van der Waals surface area contributed by atoms with E-state index in [4.69, 9.17) is 28.4 Å². The zero-order valence-corrected chi connectivity index (χ0v) is 28.7. The van der Waals surface area contributed by atoms with Crippen LogP contribution in [0.5, 0.6) is 23.0 Å². The SMILES string of the molecule is C1=C(c2ccc(OCC3CO3)c(OC3CCCCC3)c2)CCC(C2CC=C(c3ccc(OCC4CO4)c(OC4CCCCC4)c3)CC2)C1. The number of allylic oxidation sites excluding steroid dienone is 4. The van der Waals surface area contributed by atoms with Crippen molar-refractivity contribution in [3.63, 3.8) is 0 Å². The van der Waals surface area contributed by atoms with Gasteiger partial charge in [0, 0.05) is 0 Å². The maximum Gasteiger partial charge on any atom is 0.162 e. The van der Waals surface area contributed by atoms with Crippen molar-refractivity contribution in [2.45, 2.75) is 127 Å². The Labute approximate surface area is 287 Å². The van der Waals surface area contributed by atoms with Gasteiger partial charge in [0.2, 0.25) is 0 Å². The van der Waals surface area contributed by atoms with Crippen LogP contribution in [0.3, 0.4) is 0 Å². The first kappa shape index (κ1) is 32.3. The molecule has 6 heteroatoms. The van der Waals surface area contributed by atoms with Gasteiger partial charge in [-0.15, -0.1) is 0 Å². The van der Waals surface area contributed by atoms with Crippen LogP contribution in [0.1, 0.15) is 114 Å². The third kappa shape index (κ3) is 8.42. The maximum atomic E-state index is 6.59. The van der Waals surface area contributed by atoms with Crippen molar-refractivity contribution in [3.8, 4) is 23.0 Å². The summed E-state index contributed by atoms with van der Waals surface area (Å²) in [6.07, 6.45) is 25.5. The second-order valence-electron chi connectivity index (χ2n) is 15.1. The highest BCUT2D eigenvalue weighted by atomic mass is 16.6. The van der Waals surface area contributed by atoms with Crippen LogP contribution in [0.25, 0.3) is 11.1 Å². The molecule has 48 heavy (non-hydrogen) atoms. The molecule has 4 unspecified atom stereocenters. The molecule has 4 atom stereocenters. The van der Waals surface area contributed by atoms with E-state index in [1.165, 1.54) is 73.6 Å². The third-order valence-corrected chi connectivity index (χ3v) is 11.5. The molecule has 0 aromatic heterocycles. The molecule has 4 aliphatic carbocycles. The summed E-state index contributed by atoms with van der Waals surface area (Å²) in [6.45, 7) is 2.82. The van der Waals surface area contributed by atoms with Gasteiger partial charge in [0.25, 0.3) is 0 Å². The van der Waals surface area contributed by atoms with Crippen molar-refractivity contribution in [1.82, 2.24) is 0 Å². The summed E-state index contributed by atoms with van der Waals surface area (Å²) >= 11 is 0. The van der Waals surface area contributed by atoms with Crippen molar-refractivity contribution in [2.24, 2.45) is 11.8 Å². The van der Waals surface area contributed by atoms with Gasteiger partial charge in [-0.2, -0.15) is 0 Å². The van der Waals surface area contributed by atoms with Gasteiger partial charge in [-0.25, -0.2) is 0 Å². The highest BCUT2D eigenvalue weighted by Gasteiger charge is 2.29. The summed E-state index contributed by atoms with van der Waals surface area (Å²) < 4.78 is 36.3. The molecule has 0 spiro atoms. The van der Waals surface area contributed by atoms with Crippen LogP contribution in [0, 0.1) is 11.8 Å². The van der Waals surface area contributed by atoms with Crippen LogP contribution in [-0.4, -0.2) is 50.8 Å². The molecule has 2 saturated heterocycles. The van der Waals surface area contributed by atoms with Crippen LogP contribution in [-0.2, 0) is 9.47 Å². The minimum atomic E-state index is 0.237. The Hall–Kier alpha value is -2.96. The van der Waals surface area contributed by atoms with E-state index >= 15 is 0 Å². The lowest BCUT2D eigenvalue weighted by molar-refractivity contribution is 0.145. The van der Waals surface area contributed by atoms with Crippen LogP contribution < -0.4 is 18.9 Å². The smallest absolute Gasteiger partial charge is 0.162 e. The van der Waals surface area contributed by atoms with Crippen molar-refractivity contribution >= 4 is 11.1 Å². The molecule has 2 heterocycles. The number of epoxide rings is 2. The Morgan fingerprint density at radius 2 is 0.958 bits per heavy atom. The number of rotatable bonds is 13. The zero-order chi connectivity index (χ0) is 32.1. The molecule has 6 nitrogen and oxygen atoms in total. The molecule has 2 saturated carbocycles. The number of ether oxygens (including phenoxy) is 6. The van der Waals surface area contributed by atoms with Gasteiger partial charge < -0.3 is 28.4 Å². The fraction of sp³-hybridized carbons (Fsp3) is 0.619. The highest BCUT2D eigenvalue weighted by Crippen LogP contribution is 2.44. The summed E-state index contributed by atoms with van der Waals surface area (Å²) in [5.41, 5.74) is 5.52.